The molecule has 0 bridgehead atoms. The predicted molar refractivity (Wildman–Crippen MR) is 150 cm³/mol. The second kappa shape index (κ2) is 13.8. The third-order valence-corrected chi connectivity index (χ3v) is 11.1. The minimum Gasteiger partial charge on any atom is -0.497 e. The van der Waals surface area contributed by atoms with Crippen LogP contribution in [0.5, 0.6) is 5.75 Å². The number of benzene rings is 1. The summed E-state index contributed by atoms with van der Waals surface area (Å²) in [5.41, 5.74) is 0.583. The van der Waals surface area contributed by atoms with E-state index in [1.165, 1.54) is 0 Å². The van der Waals surface area contributed by atoms with Crippen molar-refractivity contribution in [3.63, 3.8) is 0 Å². The molecule has 36 heavy (non-hydrogen) atoms. The molecule has 0 fully saturated rings. The number of amides is 1. The van der Waals surface area contributed by atoms with E-state index < -0.39 is 13.9 Å². The summed E-state index contributed by atoms with van der Waals surface area (Å²) in [6, 6.07) is 8.10. The molecule has 3 atom stereocenters. The van der Waals surface area contributed by atoms with Gasteiger partial charge in [-0.3, -0.25) is 0 Å². The lowest BCUT2D eigenvalue weighted by molar-refractivity contribution is 0.0161. The molecule has 8 heteroatoms. The van der Waals surface area contributed by atoms with Gasteiger partial charge < -0.3 is 28.9 Å². The molecule has 1 aromatic rings. The summed E-state index contributed by atoms with van der Waals surface area (Å²) in [6.45, 7) is 23.6. The first-order valence-corrected chi connectivity index (χ1v) is 15.9. The van der Waals surface area contributed by atoms with E-state index in [2.05, 4.69) is 53.0 Å². The lowest BCUT2D eigenvalue weighted by Crippen LogP contribution is -2.51. The maximum absolute atomic E-state index is 12.6. The van der Waals surface area contributed by atoms with E-state index in [0.717, 1.165) is 17.9 Å². The van der Waals surface area contributed by atoms with E-state index >= 15 is 0 Å². The number of ether oxygens (including phenoxy) is 3. The molecule has 1 rings (SSSR count). The lowest BCUT2D eigenvalue weighted by Gasteiger charge is -2.42. The molecule has 0 spiro atoms. The number of nitrogens with zero attached hydrogens (tertiary/aromatic N) is 1. The molecule has 1 amide bonds. The molecule has 1 aromatic carbocycles. The first kappa shape index (κ1) is 32.4. The number of hydrogen-bond donors (Lipinski definition) is 1. The van der Waals surface area contributed by atoms with Crippen LogP contribution in [0.3, 0.4) is 0 Å². The van der Waals surface area contributed by atoms with Crippen molar-refractivity contribution in [1.29, 1.82) is 0 Å². The van der Waals surface area contributed by atoms with Gasteiger partial charge in [-0.15, -0.1) is 0 Å². The number of hydrogen-bond acceptors (Lipinski definition) is 6. The minimum atomic E-state index is -2.04. The van der Waals surface area contributed by atoms with E-state index in [0.29, 0.717) is 19.8 Å². The van der Waals surface area contributed by atoms with Crippen molar-refractivity contribution in [2.24, 2.45) is 5.92 Å². The Kier molecular flexibility index (Phi) is 12.4. The van der Waals surface area contributed by atoms with Gasteiger partial charge in [-0.2, -0.15) is 0 Å². The van der Waals surface area contributed by atoms with Crippen LogP contribution in [0.4, 0.5) is 4.79 Å². The molecule has 0 aliphatic rings. The number of carbonyl (C=O) groups is 1. The summed E-state index contributed by atoms with van der Waals surface area (Å²) >= 11 is 0. The summed E-state index contributed by atoms with van der Waals surface area (Å²) in [4.78, 5) is 14.3. The highest BCUT2D eigenvalue weighted by molar-refractivity contribution is 6.74. The van der Waals surface area contributed by atoms with Crippen LogP contribution in [-0.2, 0) is 20.5 Å². The van der Waals surface area contributed by atoms with Gasteiger partial charge in [0.1, 0.15) is 11.4 Å². The van der Waals surface area contributed by atoms with Crippen LogP contribution in [-0.4, -0.2) is 70.9 Å². The van der Waals surface area contributed by atoms with Gasteiger partial charge in [0.25, 0.3) is 0 Å². The summed E-state index contributed by atoms with van der Waals surface area (Å²) in [6.07, 6.45) is -0.435. The number of methoxy groups -OCH3 is 1. The van der Waals surface area contributed by atoms with Crippen molar-refractivity contribution >= 4 is 14.4 Å². The fourth-order valence-electron chi connectivity index (χ4n) is 3.23. The standard InChI is InChI=1S/C28H52N2O5Si/c1-21(17-29-22(2)19-33-20-23-13-15-24(32-10)16-14-23)25(35-36(11,12)28(6,7)8)18-30(9)26(31)34-27(3,4)5/h13-16,21-22,25,29H,17-20H2,1-12H3/t21-,22+,25-/m1/s1. The van der Waals surface area contributed by atoms with Gasteiger partial charge in [0.15, 0.2) is 8.32 Å². The van der Waals surface area contributed by atoms with Crippen LogP contribution in [0.1, 0.15) is 61.0 Å². The molecular weight excluding hydrogens is 472 g/mol. The van der Waals surface area contributed by atoms with Gasteiger partial charge in [-0.05, 0) is 69.4 Å². The Morgan fingerprint density at radius 2 is 1.64 bits per heavy atom. The van der Waals surface area contributed by atoms with Crippen LogP contribution in [0.2, 0.25) is 18.1 Å². The summed E-state index contributed by atoms with van der Waals surface area (Å²) in [5, 5.41) is 3.66. The van der Waals surface area contributed by atoms with Crippen molar-refractivity contribution < 1.29 is 23.4 Å². The molecule has 0 unspecified atom stereocenters. The molecule has 1 N–H and O–H groups in total. The molecule has 0 saturated heterocycles. The molecule has 0 heterocycles. The van der Waals surface area contributed by atoms with Gasteiger partial charge in [0.2, 0.25) is 0 Å². The SMILES string of the molecule is COc1ccc(COC[C@H](C)NC[C@@H](C)[C@@H](CN(C)C(=O)OC(C)(C)C)O[Si](C)(C)C(C)(C)C)cc1. The average molecular weight is 525 g/mol. The third-order valence-electron chi connectivity index (χ3n) is 6.63. The Bertz CT molecular complexity index is 787. The highest BCUT2D eigenvalue weighted by Gasteiger charge is 2.40. The van der Waals surface area contributed by atoms with Crippen LogP contribution in [0.15, 0.2) is 24.3 Å². The first-order chi connectivity index (χ1) is 16.4. The molecule has 208 valence electrons. The maximum atomic E-state index is 12.6. The zero-order chi connectivity index (χ0) is 27.7. The maximum Gasteiger partial charge on any atom is 0.410 e. The van der Waals surface area contributed by atoms with Crippen LogP contribution < -0.4 is 10.1 Å². The van der Waals surface area contributed by atoms with E-state index in [4.69, 9.17) is 18.6 Å². The molecule has 0 aliphatic heterocycles. The number of rotatable bonds is 13. The Morgan fingerprint density at radius 3 is 2.14 bits per heavy atom. The normalized spacial score (nSPS) is 15.2. The van der Waals surface area contributed by atoms with Crippen LogP contribution in [0, 0.1) is 5.92 Å². The van der Waals surface area contributed by atoms with E-state index in [1.807, 2.05) is 45.0 Å². The summed E-state index contributed by atoms with van der Waals surface area (Å²) in [5.74, 6) is 1.03. The smallest absolute Gasteiger partial charge is 0.410 e. The third kappa shape index (κ3) is 11.6. The Hall–Kier alpha value is -1.61. The van der Waals surface area contributed by atoms with Gasteiger partial charge in [0, 0.05) is 26.2 Å². The Balaban J connectivity index is 2.71. The average Bonchev–Trinajstić information content (AvgIpc) is 2.75. The fraction of sp³-hybridized carbons (Fsp3) is 0.750. The van der Waals surface area contributed by atoms with Crippen molar-refractivity contribution in [3.8, 4) is 5.75 Å². The van der Waals surface area contributed by atoms with Gasteiger partial charge in [-0.1, -0.05) is 39.8 Å². The van der Waals surface area contributed by atoms with Crippen molar-refractivity contribution in [3.05, 3.63) is 29.8 Å². The predicted octanol–water partition coefficient (Wildman–Crippen LogP) is 6.08. The quantitative estimate of drug-likeness (QED) is 0.315. The molecular formula is C28H52N2O5Si. The van der Waals surface area contributed by atoms with Gasteiger partial charge in [-0.25, -0.2) is 4.79 Å². The van der Waals surface area contributed by atoms with Crippen LogP contribution >= 0.6 is 0 Å². The first-order valence-electron chi connectivity index (χ1n) is 13.0. The van der Waals surface area contributed by atoms with E-state index in [-0.39, 0.29) is 29.2 Å². The van der Waals surface area contributed by atoms with Crippen molar-refractivity contribution in [2.45, 2.75) is 97.9 Å². The highest BCUT2D eigenvalue weighted by Crippen LogP contribution is 2.38. The Labute approximate surface area is 221 Å². The molecule has 7 nitrogen and oxygen atoms in total. The number of likely N-dealkylation sites (N-methyl/N-ethyl adjacent to an activating group) is 1. The van der Waals surface area contributed by atoms with E-state index in [9.17, 15) is 4.79 Å². The minimum absolute atomic E-state index is 0.0749. The zero-order valence-corrected chi connectivity index (χ0v) is 25.9. The molecule has 0 saturated carbocycles. The second-order valence-corrected chi connectivity index (χ2v) is 17.2. The summed E-state index contributed by atoms with van der Waals surface area (Å²) in [7, 11) is 1.41. The van der Waals surface area contributed by atoms with Crippen LogP contribution in [0.25, 0.3) is 0 Å². The lowest BCUT2D eigenvalue weighted by atomic mass is 10.0. The largest absolute Gasteiger partial charge is 0.497 e. The second-order valence-electron chi connectivity index (χ2n) is 12.4. The summed E-state index contributed by atoms with van der Waals surface area (Å²) < 4.78 is 23.5. The van der Waals surface area contributed by atoms with Crippen molar-refractivity contribution in [1.82, 2.24) is 10.2 Å². The number of carbonyl (C=O) groups excluding carboxylic acids is 1. The Morgan fingerprint density at radius 1 is 1.06 bits per heavy atom. The van der Waals surface area contributed by atoms with Crippen molar-refractivity contribution in [2.75, 3.05) is 33.9 Å². The molecule has 0 aromatic heterocycles. The fourth-order valence-corrected chi connectivity index (χ4v) is 4.64. The number of nitrogens with one attached hydrogen (secondary N) is 1. The molecule has 0 aliphatic carbocycles. The van der Waals surface area contributed by atoms with Gasteiger partial charge >= 0.3 is 6.09 Å². The zero-order valence-electron chi connectivity index (χ0n) is 24.9. The van der Waals surface area contributed by atoms with E-state index in [1.54, 1.807) is 19.1 Å². The topological polar surface area (TPSA) is 69.3 Å². The highest BCUT2D eigenvalue weighted by atomic mass is 28.4. The monoisotopic (exact) mass is 524 g/mol. The molecule has 0 radical (unpaired) electrons. The van der Waals surface area contributed by atoms with Gasteiger partial charge in [0.05, 0.1) is 26.4 Å².